The SMILES string of the molecule is COc1ccc(N2CCN(C(=O)CC3C=Cc4ccccc43)CC2)cc1. The molecule has 0 N–H and O–H groups in total. The maximum absolute atomic E-state index is 12.7. The summed E-state index contributed by atoms with van der Waals surface area (Å²) in [5, 5.41) is 0. The molecule has 2 aliphatic rings. The predicted molar refractivity (Wildman–Crippen MR) is 105 cm³/mol. The van der Waals surface area contributed by atoms with Gasteiger partial charge in [0.15, 0.2) is 0 Å². The van der Waals surface area contributed by atoms with E-state index in [1.54, 1.807) is 7.11 Å². The molecule has 0 bridgehead atoms. The summed E-state index contributed by atoms with van der Waals surface area (Å²) >= 11 is 0. The fraction of sp³-hybridized carbons (Fsp3) is 0.318. The number of allylic oxidation sites excluding steroid dienone is 1. The van der Waals surface area contributed by atoms with E-state index < -0.39 is 0 Å². The van der Waals surface area contributed by atoms with Crippen molar-refractivity contribution in [2.45, 2.75) is 12.3 Å². The average molecular weight is 348 g/mol. The number of anilines is 1. The van der Waals surface area contributed by atoms with Crippen molar-refractivity contribution in [2.75, 3.05) is 38.2 Å². The van der Waals surface area contributed by atoms with Crippen LogP contribution in [0.25, 0.3) is 6.08 Å². The summed E-state index contributed by atoms with van der Waals surface area (Å²) in [5.41, 5.74) is 3.71. The number of fused-ring (bicyclic) bond motifs is 1. The maximum Gasteiger partial charge on any atom is 0.223 e. The zero-order chi connectivity index (χ0) is 17.9. The molecule has 2 aromatic carbocycles. The molecule has 4 nitrogen and oxygen atoms in total. The van der Waals surface area contributed by atoms with Crippen molar-refractivity contribution in [1.29, 1.82) is 0 Å². The van der Waals surface area contributed by atoms with E-state index in [1.165, 1.54) is 16.8 Å². The number of methoxy groups -OCH3 is 1. The van der Waals surface area contributed by atoms with Gasteiger partial charge in [0.05, 0.1) is 7.11 Å². The largest absolute Gasteiger partial charge is 0.497 e. The lowest BCUT2D eigenvalue weighted by Crippen LogP contribution is -2.49. The van der Waals surface area contributed by atoms with E-state index in [-0.39, 0.29) is 11.8 Å². The quantitative estimate of drug-likeness (QED) is 0.847. The van der Waals surface area contributed by atoms with Crippen LogP contribution in [-0.4, -0.2) is 44.1 Å². The number of hydrogen-bond acceptors (Lipinski definition) is 3. The molecule has 4 rings (SSSR count). The number of carbonyl (C=O) groups excluding carboxylic acids is 1. The van der Waals surface area contributed by atoms with Gasteiger partial charge in [-0.3, -0.25) is 4.79 Å². The second-order valence-electron chi connectivity index (χ2n) is 6.86. The first-order valence-electron chi connectivity index (χ1n) is 9.18. The first kappa shape index (κ1) is 16.7. The van der Waals surface area contributed by atoms with Crippen LogP contribution in [0.2, 0.25) is 0 Å². The number of amides is 1. The summed E-state index contributed by atoms with van der Waals surface area (Å²) < 4.78 is 5.22. The topological polar surface area (TPSA) is 32.8 Å². The molecule has 1 amide bonds. The van der Waals surface area contributed by atoms with E-state index in [0.717, 1.165) is 31.9 Å². The Kier molecular flexibility index (Phi) is 4.65. The normalized spacial score (nSPS) is 18.7. The Bertz CT molecular complexity index is 805. The lowest BCUT2D eigenvalue weighted by Gasteiger charge is -2.36. The molecule has 1 heterocycles. The average Bonchev–Trinajstić information content (AvgIpc) is 3.11. The van der Waals surface area contributed by atoms with Crippen molar-refractivity contribution in [3.8, 4) is 5.75 Å². The smallest absolute Gasteiger partial charge is 0.223 e. The minimum Gasteiger partial charge on any atom is -0.497 e. The minimum absolute atomic E-state index is 0.221. The molecule has 0 aromatic heterocycles. The summed E-state index contributed by atoms with van der Waals surface area (Å²) in [4.78, 5) is 17.1. The van der Waals surface area contributed by atoms with Crippen molar-refractivity contribution in [2.24, 2.45) is 0 Å². The van der Waals surface area contributed by atoms with Crippen molar-refractivity contribution < 1.29 is 9.53 Å². The van der Waals surface area contributed by atoms with E-state index >= 15 is 0 Å². The summed E-state index contributed by atoms with van der Waals surface area (Å²) in [6, 6.07) is 16.5. The first-order chi connectivity index (χ1) is 12.7. The number of piperazine rings is 1. The van der Waals surface area contributed by atoms with E-state index in [9.17, 15) is 4.79 Å². The van der Waals surface area contributed by atoms with Crippen LogP contribution < -0.4 is 9.64 Å². The van der Waals surface area contributed by atoms with Crippen molar-refractivity contribution >= 4 is 17.7 Å². The molecule has 1 saturated heterocycles. The third kappa shape index (κ3) is 3.32. The lowest BCUT2D eigenvalue weighted by atomic mass is 9.97. The highest BCUT2D eigenvalue weighted by atomic mass is 16.5. The summed E-state index contributed by atoms with van der Waals surface area (Å²) in [7, 11) is 1.68. The zero-order valence-corrected chi connectivity index (χ0v) is 15.1. The van der Waals surface area contributed by atoms with Gasteiger partial charge in [0.2, 0.25) is 5.91 Å². The molecule has 2 aromatic rings. The molecule has 0 saturated carbocycles. The van der Waals surface area contributed by atoms with Gasteiger partial charge in [-0.2, -0.15) is 0 Å². The maximum atomic E-state index is 12.7. The number of rotatable bonds is 4. The van der Waals surface area contributed by atoms with Crippen LogP contribution in [0.15, 0.2) is 54.6 Å². The van der Waals surface area contributed by atoms with Crippen LogP contribution in [-0.2, 0) is 4.79 Å². The fourth-order valence-electron chi connectivity index (χ4n) is 3.83. The van der Waals surface area contributed by atoms with Crippen LogP contribution in [0.5, 0.6) is 5.75 Å². The predicted octanol–water partition coefficient (Wildman–Crippen LogP) is 3.54. The highest BCUT2D eigenvalue weighted by Gasteiger charge is 2.25. The third-order valence-electron chi connectivity index (χ3n) is 5.37. The standard InChI is InChI=1S/C22H24N2O2/c1-26-20-10-8-19(9-11-20)23-12-14-24(15-13-23)22(25)16-18-7-6-17-4-2-3-5-21(17)18/h2-11,18H,12-16H2,1H3. The summed E-state index contributed by atoms with van der Waals surface area (Å²) in [6.45, 7) is 3.30. The van der Waals surface area contributed by atoms with Gasteiger partial charge >= 0.3 is 0 Å². The molecule has 4 heteroatoms. The summed E-state index contributed by atoms with van der Waals surface area (Å²) in [5.74, 6) is 1.34. The summed E-state index contributed by atoms with van der Waals surface area (Å²) in [6.07, 6.45) is 4.86. The van der Waals surface area contributed by atoms with Gasteiger partial charge in [0.25, 0.3) is 0 Å². The highest BCUT2D eigenvalue weighted by Crippen LogP contribution is 2.32. The molecular weight excluding hydrogens is 324 g/mol. The number of hydrogen-bond donors (Lipinski definition) is 0. The van der Waals surface area contributed by atoms with Crippen LogP contribution in [0, 0.1) is 0 Å². The molecule has 26 heavy (non-hydrogen) atoms. The Balaban J connectivity index is 1.33. The fourth-order valence-corrected chi connectivity index (χ4v) is 3.83. The Morgan fingerprint density at radius 1 is 1.04 bits per heavy atom. The molecule has 1 aliphatic carbocycles. The molecule has 0 spiro atoms. The van der Waals surface area contributed by atoms with Crippen molar-refractivity contribution in [3.05, 3.63) is 65.7 Å². The van der Waals surface area contributed by atoms with E-state index in [4.69, 9.17) is 4.74 Å². The van der Waals surface area contributed by atoms with Gasteiger partial charge in [-0.1, -0.05) is 36.4 Å². The van der Waals surface area contributed by atoms with Gasteiger partial charge in [0.1, 0.15) is 5.75 Å². The number of nitrogens with zero attached hydrogens (tertiary/aromatic N) is 2. The Morgan fingerprint density at radius 3 is 2.50 bits per heavy atom. The molecule has 1 atom stereocenters. The van der Waals surface area contributed by atoms with E-state index in [2.05, 4.69) is 47.4 Å². The van der Waals surface area contributed by atoms with Gasteiger partial charge in [-0.05, 0) is 35.4 Å². The van der Waals surface area contributed by atoms with Crippen LogP contribution >= 0.6 is 0 Å². The molecule has 0 radical (unpaired) electrons. The molecule has 1 fully saturated rings. The zero-order valence-electron chi connectivity index (χ0n) is 15.1. The second-order valence-corrected chi connectivity index (χ2v) is 6.86. The van der Waals surface area contributed by atoms with Crippen molar-refractivity contribution in [1.82, 2.24) is 4.90 Å². The van der Waals surface area contributed by atoms with E-state index in [0.29, 0.717) is 6.42 Å². The minimum atomic E-state index is 0.221. The molecule has 1 aliphatic heterocycles. The highest BCUT2D eigenvalue weighted by molar-refractivity contribution is 5.79. The number of carbonyl (C=O) groups is 1. The number of benzene rings is 2. The Hall–Kier alpha value is -2.75. The Morgan fingerprint density at radius 2 is 1.77 bits per heavy atom. The van der Waals surface area contributed by atoms with Gasteiger partial charge in [-0.25, -0.2) is 0 Å². The van der Waals surface area contributed by atoms with Crippen LogP contribution in [0.3, 0.4) is 0 Å². The molecule has 1 unspecified atom stereocenters. The van der Waals surface area contributed by atoms with Gasteiger partial charge in [-0.15, -0.1) is 0 Å². The van der Waals surface area contributed by atoms with Crippen molar-refractivity contribution in [3.63, 3.8) is 0 Å². The lowest BCUT2D eigenvalue weighted by molar-refractivity contribution is -0.131. The number of ether oxygens (including phenoxy) is 1. The van der Waals surface area contributed by atoms with E-state index in [1.807, 2.05) is 23.1 Å². The first-order valence-corrected chi connectivity index (χ1v) is 9.18. The van der Waals surface area contributed by atoms with Gasteiger partial charge < -0.3 is 14.5 Å². The second kappa shape index (κ2) is 7.24. The monoisotopic (exact) mass is 348 g/mol. The van der Waals surface area contributed by atoms with Crippen LogP contribution in [0.1, 0.15) is 23.5 Å². The molecular formula is C22H24N2O2. The van der Waals surface area contributed by atoms with Crippen LogP contribution in [0.4, 0.5) is 5.69 Å². The molecule has 134 valence electrons. The third-order valence-corrected chi connectivity index (χ3v) is 5.37. The Labute approximate surface area is 154 Å². The van der Waals surface area contributed by atoms with Gasteiger partial charge in [0, 0.05) is 44.2 Å².